The van der Waals surface area contributed by atoms with Crippen molar-refractivity contribution >= 4 is 0 Å². The number of nitrogens with zero attached hydrogens (tertiary/aromatic N) is 1. The summed E-state index contributed by atoms with van der Waals surface area (Å²) in [5, 5.41) is 3.78. The van der Waals surface area contributed by atoms with Crippen molar-refractivity contribution in [3.63, 3.8) is 0 Å². The molecule has 0 aromatic rings. The van der Waals surface area contributed by atoms with Gasteiger partial charge in [0.1, 0.15) is 0 Å². The van der Waals surface area contributed by atoms with Gasteiger partial charge in [0, 0.05) is 31.2 Å². The maximum absolute atomic E-state index is 3.78. The van der Waals surface area contributed by atoms with Crippen molar-refractivity contribution in [2.24, 2.45) is 0 Å². The van der Waals surface area contributed by atoms with Crippen LogP contribution >= 0.6 is 0 Å². The molecule has 1 N–H and O–H groups in total. The Morgan fingerprint density at radius 1 is 0.800 bits per heavy atom. The minimum atomic E-state index is 0.819. The maximum atomic E-state index is 3.78. The van der Waals surface area contributed by atoms with Gasteiger partial charge in [0.15, 0.2) is 0 Å². The second kappa shape index (κ2) is 4.42. The second-order valence-corrected chi connectivity index (χ2v) is 5.71. The van der Waals surface area contributed by atoms with Crippen LogP contribution in [0.3, 0.4) is 0 Å². The lowest BCUT2D eigenvalue weighted by atomic mass is 9.94. The topological polar surface area (TPSA) is 15.3 Å². The third kappa shape index (κ3) is 2.54. The molecule has 86 valence electrons. The average Bonchev–Trinajstić information content (AvgIpc) is 2.96. The SMILES string of the molecule is C1CCC(N2CCC(NC3CC3)C2)CC1. The van der Waals surface area contributed by atoms with E-state index >= 15 is 0 Å². The van der Waals surface area contributed by atoms with E-state index < -0.39 is 0 Å². The second-order valence-electron chi connectivity index (χ2n) is 5.71. The van der Waals surface area contributed by atoms with Gasteiger partial charge in [-0.3, -0.25) is 4.90 Å². The van der Waals surface area contributed by atoms with Crippen LogP contribution in [0.25, 0.3) is 0 Å². The molecular formula is C13H24N2. The van der Waals surface area contributed by atoms with Gasteiger partial charge in [-0.2, -0.15) is 0 Å². The summed E-state index contributed by atoms with van der Waals surface area (Å²) in [5.74, 6) is 0. The van der Waals surface area contributed by atoms with E-state index in [1.165, 1.54) is 64.5 Å². The maximum Gasteiger partial charge on any atom is 0.0209 e. The van der Waals surface area contributed by atoms with Crippen LogP contribution in [0.5, 0.6) is 0 Å². The summed E-state index contributed by atoms with van der Waals surface area (Å²) in [7, 11) is 0. The highest BCUT2D eigenvalue weighted by Gasteiger charge is 2.32. The lowest BCUT2D eigenvalue weighted by Gasteiger charge is -2.31. The Kier molecular flexibility index (Phi) is 2.98. The molecule has 15 heavy (non-hydrogen) atoms. The molecule has 1 unspecified atom stereocenters. The van der Waals surface area contributed by atoms with Crippen LogP contribution in [0.2, 0.25) is 0 Å². The molecule has 3 aliphatic rings. The smallest absolute Gasteiger partial charge is 0.0209 e. The van der Waals surface area contributed by atoms with Crippen molar-refractivity contribution in [3.8, 4) is 0 Å². The van der Waals surface area contributed by atoms with Crippen LogP contribution in [0.1, 0.15) is 51.4 Å². The third-order valence-electron chi connectivity index (χ3n) is 4.36. The molecule has 0 aromatic carbocycles. The third-order valence-corrected chi connectivity index (χ3v) is 4.36. The Morgan fingerprint density at radius 3 is 2.33 bits per heavy atom. The fourth-order valence-electron chi connectivity index (χ4n) is 3.28. The van der Waals surface area contributed by atoms with E-state index in [9.17, 15) is 0 Å². The molecule has 1 aliphatic heterocycles. The molecule has 0 radical (unpaired) electrons. The van der Waals surface area contributed by atoms with Crippen molar-refractivity contribution in [2.75, 3.05) is 13.1 Å². The van der Waals surface area contributed by atoms with E-state index in [4.69, 9.17) is 0 Å². The molecule has 3 fully saturated rings. The highest BCUT2D eigenvalue weighted by Crippen LogP contribution is 2.27. The van der Waals surface area contributed by atoms with Crippen LogP contribution in [0, 0.1) is 0 Å². The van der Waals surface area contributed by atoms with Gasteiger partial charge in [0.2, 0.25) is 0 Å². The fraction of sp³-hybridized carbons (Fsp3) is 1.00. The van der Waals surface area contributed by atoms with Gasteiger partial charge in [-0.05, 0) is 32.1 Å². The normalized spacial score (nSPS) is 34.8. The Hall–Kier alpha value is -0.0800. The van der Waals surface area contributed by atoms with Crippen molar-refractivity contribution in [1.29, 1.82) is 0 Å². The highest BCUT2D eigenvalue weighted by molar-refractivity contribution is 4.91. The summed E-state index contributed by atoms with van der Waals surface area (Å²) >= 11 is 0. The highest BCUT2D eigenvalue weighted by atomic mass is 15.2. The Morgan fingerprint density at radius 2 is 1.60 bits per heavy atom. The predicted molar refractivity (Wildman–Crippen MR) is 63.0 cm³/mol. The molecule has 3 rings (SSSR count). The molecule has 1 atom stereocenters. The first-order valence-corrected chi connectivity index (χ1v) is 6.92. The molecule has 2 heteroatoms. The lowest BCUT2D eigenvalue weighted by Crippen LogP contribution is -2.39. The number of hydrogen-bond donors (Lipinski definition) is 1. The summed E-state index contributed by atoms with van der Waals surface area (Å²) < 4.78 is 0. The predicted octanol–water partition coefficient (Wildman–Crippen LogP) is 2.15. The van der Waals surface area contributed by atoms with Crippen molar-refractivity contribution in [2.45, 2.75) is 69.5 Å². The summed E-state index contributed by atoms with van der Waals surface area (Å²) in [4.78, 5) is 2.76. The lowest BCUT2D eigenvalue weighted by molar-refractivity contribution is 0.187. The van der Waals surface area contributed by atoms with Gasteiger partial charge in [-0.1, -0.05) is 19.3 Å². The minimum absolute atomic E-state index is 0.819. The first-order chi connectivity index (χ1) is 7.42. The Balaban J connectivity index is 1.46. The first kappa shape index (κ1) is 10.1. The van der Waals surface area contributed by atoms with E-state index in [2.05, 4.69) is 10.2 Å². The number of likely N-dealkylation sites (tertiary alicyclic amines) is 1. The van der Waals surface area contributed by atoms with Gasteiger partial charge >= 0.3 is 0 Å². The molecule has 1 heterocycles. The quantitative estimate of drug-likeness (QED) is 0.764. The van der Waals surface area contributed by atoms with Crippen molar-refractivity contribution < 1.29 is 0 Å². The van der Waals surface area contributed by atoms with Crippen molar-refractivity contribution in [1.82, 2.24) is 10.2 Å². The zero-order valence-corrected chi connectivity index (χ0v) is 9.75. The van der Waals surface area contributed by atoms with Gasteiger partial charge < -0.3 is 5.32 Å². The van der Waals surface area contributed by atoms with Gasteiger partial charge in [-0.25, -0.2) is 0 Å². The molecule has 0 aromatic heterocycles. The average molecular weight is 208 g/mol. The van der Waals surface area contributed by atoms with E-state index in [0.717, 1.165) is 18.1 Å². The molecule has 2 nitrogen and oxygen atoms in total. The van der Waals surface area contributed by atoms with Crippen LogP contribution < -0.4 is 5.32 Å². The van der Waals surface area contributed by atoms with Gasteiger partial charge in [0.05, 0.1) is 0 Å². The molecule has 0 bridgehead atoms. The standard InChI is InChI=1S/C13H24N2/c1-2-4-13(5-3-1)15-9-8-12(10-15)14-11-6-7-11/h11-14H,1-10H2. The molecule has 1 saturated heterocycles. The minimum Gasteiger partial charge on any atom is -0.310 e. The van der Waals surface area contributed by atoms with E-state index in [-0.39, 0.29) is 0 Å². The van der Waals surface area contributed by atoms with Crippen LogP contribution in [0.15, 0.2) is 0 Å². The Bertz CT molecular complexity index is 207. The largest absolute Gasteiger partial charge is 0.310 e. The Labute approximate surface area is 93.4 Å². The number of hydrogen-bond acceptors (Lipinski definition) is 2. The van der Waals surface area contributed by atoms with E-state index in [0.29, 0.717) is 0 Å². The molecular weight excluding hydrogens is 184 g/mol. The van der Waals surface area contributed by atoms with E-state index in [1.807, 2.05) is 0 Å². The fourth-order valence-corrected chi connectivity index (χ4v) is 3.28. The summed E-state index contributed by atoms with van der Waals surface area (Å²) in [6.45, 7) is 2.69. The monoisotopic (exact) mass is 208 g/mol. The summed E-state index contributed by atoms with van der Waals surface area (Å²) in [6.07, 6.45) is 11.6. The molecule has 2 saturated carbocycles. The van der Waals surface area contributed by atoms with Crippen LogP contribution in [-0.4, -0.2) is 36.1 Å². The van der Waals surface area contributed by atoms with Gasteiger partial charge in [0.25, 0.3) is 0 Å². The molecule has 0 spiro atoms. The summed E-state index contributed by atoms with van der Waals surface area (Å²) in [5.41, 5.74) is 0. The zero-order chi connectivity index (χ0) is 10.1. The van der Waals surface area contributed by atoms with E-state index in [1.54, 1.807) is 0 Å². The van der Waals surface area contributed by atoms with Gasteiger partial charge in [-0.15, -0.1) is 0 Å². The first-order valence-electron chi connectivity index (χ1n) is 6.92. The zero-order valence-electron chi connectivity index (χ0n) is 9.75. The summed E-state index contributed by atoms with van der Waals surface area (Å²) in [6, 6.07) is 2.64. The van der Waals surface area contributed by atoms with Crippen molar-refractivity contribution in [3.05, 3.63) is 0 Å². The number of rotatable bonds is 3. The van der Waals surface area contributed by atoms with Crippen LogP contribution in [-0.2, 0) is 0 Å². The number of nitrogens with one attached hydrogen (secondary N) is 1. The van der Waals surface area contributed by atoms with Crippen LogP contribution in [0.4, 0.5) is 0 Å². The molecule has 2 aliphatic carbocycles. The molecule has 0 amide bonds.